The highest BCUT2D eigenvalue weighted by atomic mass is 16.2. The number of hydrogen-bond donors (Lipinski definition) is 1. The average Bonchev–Trinajstić information content (AvgIpc) is 2.60. The summed E-state index contributed by atoms with van der Waals surface area (Å²) in [6.07, 6.45) is 1.72. The van der Waals surface area contributed by atoms with Crippen molar-refractivity contribution in [2.45, 2.75) is 12.8 Å². The van der Waals surface area contributed by atoms with Gasteiger partial charge in [-0.1, -0.05) is 54.6 Å². The van der Waals surface area contributed by atoms with E-state index >= 15 is 0 Å². The zero-order chi connectivity index (χ0) is 14.1. The Morgan fingerprint density at radius 1 is 1.00 bits per heavy atom. The van der Waals surface area contributed by atoms with Crippen LogP contribution in [-0.2, 0) is 4.79 Å². The van der Waals surface area contributed by atoms with Crippen molar-refractivity contribution in [3.8, 4) is 0 Å². The van der Waals surface area contributed by atoms with E-state index in [4.69, 9.17) is 5.84 Å². The summed E-state index contributed by atoms with van der Waals surface area (Å²) < 4.78 is 0. The molecule has 0 radical (unpaired) electrons. The maximum atomic E-state index is 12.2. The van der Waals surface area contributed by atoms with Crippen LogP contribution in [0, 0.1) is 0 Å². The Morgan fingerprint density at radius 3 is 2.40 bits per heavy atom. The van der Waals surface area contributed by atoms with Gasteiger partial charge in [-0.2, -0.15) is 0 Å². The molecule has 0 fully saturated rings. The maximum absolute atomic E-state index is 12.2. The molecular formula is C17H16N2O. The highest BCUT2D eigenvalue weighted by molar-refractivity contribution is 5.92. The minimum Gasteiger partial charge on any atom is -0.272 e. The number of fused-ring (bicyclic) bond motifs is 1. The maximum Gasteiger partial charge on any atom is 0.247 e. The Bertz CT molecular complexity index is 676. The summed E-state index contributed by atoms with van der Waals surface area (Å²) in [6.45, 7) is 1.89. The third-order valence-corrected chi connectivity index (χ3v) is 3.70. The molecule has 0 unspecified atom stereocenters. The summed E-state index contributed by atoms with van der Waals surface area (Å²) in [5, 5.41) is 1.20. The lowest BCUT2D eigenvalue weighted by Gasteiger charge is -2.15. The third-order valence-electron chi connectivity index (χ3n) is 3.70. The minimum absolute atomic E-state index is 0.0941. The predicted octanol–water partition coefficient (Wildman–Crippen LogP) is 2.90. The fourth-order valence-electron chi connectivity index (χ4n) is 2.60. The molecule has 2 aromatic rings. The lowest BCUT2D eigenvalue weighted by atomic mass is 9.90. The van der Waals surface area contributed by atoms with Gasteiger partial charge >= 0.3 is 0 Å². The Hall–Kier alpha value is -2.39. The molecular weight excluding hydrogens is 248 g/mol. The Balaban J connectivity index is 2.24. The molecule has 1 aliphatic heterocycles. The van der Waals surface area contributed by atoms with Crippen LogP contribution in [0.15, 0.2) is 60.8 Å². The fourth-order valence-corrected chi connectivity index (χ4v) is 2.60. The standard InChI is InChI=1S/C17H16N2O/c1-12-14-9-5-6-10-15(14)16(11-19(18)17(12)20)13-7-3-2-4-8-13/h2-12H,18H2,1H3/t12-/m0/s1. The van der Waals surface area contributed by atoms with Gasteiger partial charge in [0.05, 0.1) is 5.92 Å². The molecule has 0 aromatic heterocycles. The van der Waals surface area contributed by atoms with E-state index in [1.54, 1.807) is 6.20 Å². The number of amides is 1. The van der Waals surface area contributed by atoms with Gasteiger partial charge in [-0.25, -0.2) is 5.84 Å². The molecule has 1 heterocycles. The van der Waals surface area contributed by atoms with Crippen molar-refractivity contribution in [3.63, 3.8) is 0 Å². The fraction of sp³-hybridized carbons (Fsp3) is 0.118. The second kappa shape index (κ2) is 4.94. The molecule has 0 bridgehead atoms. The van der Waals surface area contributed by atoms with E-state index in [0.29, 0.717) is 0 Å². The number of nitrogens with two attached hydrogens (primary N) is 1. The van der Waals surface area contributed by atoms with Crippen molar-refractivity contribution in [1.29, 1.82) is 0 Å². The number of rotatable bonds is 1. The Morgan fingerprint density at radius 2 is 1.65 bits per heavy atom. The van der Waals surface area contributed by atoms with E-state index in [0.717, 1.165) is 22.3 Å². The van der Waals surface area contributed by atoms with Gasteiger partial charge in [0.25, 0.3) is 0 Å². The first kappa shape index (κ1) is 12.6. The monoisotopic (exact) mass is 264 g/mol. The Labute approximate surface area is 118 Å². The molecule has 3 heteroatoms. The van der Waals surface area contributed by atoms with Gasteiger partial charge in [0.2, 0.25) is 5.91 Å². The molecule has 3 nitrogen and oxygen atoms in total. The molecule has 1 aliphatic rings. The van der Waals surface area contributed by atoms with Crippen molar-refractivity contribution in [2.24, 2.45) is 5.84 Å². The van der Waals surface area contributed by atoms with Crippen LogP contribution in [0.4, 0.5) is 0 Å². The number of benzene rings is 2. The molecule has 0 saturated carbocycles. The number of carbonyl (C=O) groups is 1. The smallest absolute Gasteiger partial charge is 0.247 e. The molecule has 0 spiro atoms. The summed E-state index contributed by atoms with van der Waals surface area (Å²) in [4.78, 5) is 12.2. The van der Waals surface area contributed by atoms with Crippen LogP contribution >= 0.6 is 0 Å². The van der Waals surface area contributed by atoms with Crippen molar-refractivity contribution >= 4 is 11.5 Å². The number of carbonyl (C=O) groups excluding carboxylic acids is 1. The van der Waals surface area contributed by atoms with E-state index in [2.05, 4.69) is 0 Å². The molecule has 0 saturated heterocycles. The quantitative estimate of drug-likeness (QED) is 0.636. The predicted molar refractivity (Wildman–Crippen MR) is 79.4 cm³/mol. The summed E-state index contributed by atoms with van der Waals surface area (Å²) in [5.74, 6) is 5.55. The zero-order valence-corrected chi connectivity index (χ0v) is 11.3. The van der Waals surface area contributed by atoms with Crippen LogP contribution in [0.5, 0.6) is 0 Å². The minimum atomic E-state index is -0.242. The van der Waals surface area contributed by atoms with Crippen LogP contribution in [0.3, 0.4) is 0 Å². The number of hydrogen-bond acceptors (Lipinski definition) is 2. The van der Waals surface area contributed by atoms with Crippen LogP contribution in [0.25, 0.3) is 5.57 Å². The summed E-state index contributed by atoms with van der Waals surface area (Å²) in [5.41, 5.74) is 4.10. The zero-order valence-electron chi connectivity index (χ0n) is 11.3. The Kier molecular flexibility index (Phi) is 3.12. The second-order valence-corrected chi connectivity index (χ2v) is 4.96. The van der Waals surface area contributed by atoms with Gasteiger partial charge in [-0.05, 0) is 23.6 Å². The molecule has 2 N–H and O–H groups in total. The van der Waals surface area contributed by atoms with Crippen LogP contribution in [0.1, 0.15) is 29.5 Å². The van der Waals surface area contributed by atoms with Crippen molar-refractivity contribution in [2.75, 3.05) is 0 Å². The van der Waals surface area contributed by atoms with E-state index in [9.17, 15) is 4.79 Å². The van der Waals surface area contributed by atoms with Crippen LogP contribution in [0.2, 0.25) is 0 Å². The molecule has 1 atom stereocenters. The summed E-state index contributed by atoms with van der Waals surface area (Å²) >= 11 is 0. The van der Waals surface area contributed by atoms with E-state index < -0.39 is 0 Å². The normalized spacial score (nSPS) is 18.3. The van der Waals surface area contributed by atoms with Gasteiger partial charge in [0.1, 0.15) is 0 Å². The first-order valence-corrected chi connectivity index (χ1v) is 6.63. The van der Waals surface area contributed by atoms with Gasteiger partial charge in [0.15, 0.2) is 0 Å². The van der Waals surface area contributed by atoms with Crippen molar-refractivity contribution in [1.82, 2.24) is 5.01 Å². The third kappa shape index (κ3) is 2.02. The largest absolute Gasteiger partial charge is 0.272 e. The number of hydrazine groups is 1. The average molecular weight is 264 g/mol. The highest BCUT2D eigenvalue weighted by Crippen LogP contribution is 2.33. The SMILES string of the molecule is C[C@@H]1C(=O)N(N)C=C(c2ccccc2)c2ccccc21. The van der Waals surface area contributed by atoms with Crippen molar-refractivity contribution in [3.05, 3.63) is 77.5 Å². The lowest BCUT2D eigenvalue weighted by molar-refractivity contribution is -0.129. The molecule has 2 aromatic carbocycles. The van der Waals surface area contributed by atoms with E-state index in [1.807, 2.05) is 61.5 Å². The highest BCUT2D eigenvalue weighted by Gasteiger charge is 2.26. The number of nitrogens with zero attached hydrogens (tertiary/aromatic N) is 1. The topological polar surface area (TPSA) is 46.3 Å². The second-order valence-electron chi connectivity index (χ2n) is 4.96. The first-order chi connectivity index (χ1) is 9.68. The lowest BCUT2D eigenvalue weighted by Crippen LogP contribution is -2.34. The van der Waals surface area contributed by atoms with E-state index in [-0.39, 0.29) is 11.8 Å². The van der Waals surface area contributed by atoms with E-state index in [1.165, 1.54) is 5.01 Å². The molecule has 1 amide bonds. The molecule has 3 rings (SSSR count). The molecule has 0 aliphatic carbocycles. The van der Waals surface area contributed by atoms with Gasteiger partial charge in [-0.15, -0.1) is 0 Å². The summed E-state index contributed by atoms with van der Waals surface area (Å²) in [6, 6.07) is 18.0. The summed E-state index contributed by atoms with van der Waals surface area (Å²) in [7, 11) is 0. The van der Waals surface area contributed by atoms with Crippen molar-refractivity contribution < 1.29 is 4.79 Å². The molecule has 100 valence electrons. The van der Waals surface area contributed by atoms with Crippen LogP contribution in [-0.4, -0.2) is 10.9 Å². The molecule has 20 heavy (non-hydrogen) atoms. The van der Waals surface area contributed by atoms with Gasteiger partial charge in [0, 0.05) is 11.8 Å². The van der Waals surface area contributed by atoms with Crippen LogP contribution < -0.4 is 5.84 Å². The van der Waals surface area contributed by atoms with Gasteiger partial charge in [-0.3, -0.25) is 9.80 Å². The van der Waals surface area contributed by atoms with Gasteiger partial charge < -0.3 is 0 Å². The first-order valence-electron chi connectivity index (χ1n) is 6.63.